The molecule has 3 rings (SSSR count). The van der Waals surface area contributed by atoms with Gasteiger partial charge in [0.1, 0.15) is 11.9 Å². The van der Waals surface area contributed by atoms with Crippen molar-refractivity contribution in [1.29, 1.82) is 0 Å². The molecule has 2 unspecified atom stereocenters. The van der Waals surface area contributed by atoms with Crippen molar-refractivity contribution in [2.75, 3.05) is 0 Å². The molecule has 2 nitrogen and oxygen atoms in total. The fraction of sp³-hybridized carbons (Fsp3) is 0.294. The Morgan fingerprint density at radius 2 is 1.85 bits per heavy atom. The summed E-state index contributed by atoms with van der Waals surface area (Å²) in [5, 5.41) is 0. The number of rotatable bonds is 1. The van der Waals surface area contributed by atoms with Crippen molar-refractivity contribution < 1.29 is 4.74 Å². The van der Waals surface area contributed by atoms with Crippen LogP contribution in [0.2, 0.25) is 0 Å². The molecule has 1 heterocycles. The summed E-state index contributed by atoms with van der Waals surface area (Å²) >= 11 is 3.49. The van der Waals surface area contributed by atoms with Gasteiger partial charge in [-0.15, -0.1) is 0 Å². The summed E-state index contributed by atoms with van der Waals surface area (Å²) < 4.78 is 7.25. The first-order valence-electron chi connectivity index (χ1n) is 6.84. The maximum Gasteiger partial charge on any atom is 0.126 e. The average Bonchev–Trinajstić information content (AvgIpc) is 2.39. The lowest BCUT2D eigenvalue weighted by Crippen LogP contribution is -2.25. The Morgan fingerprint density at radius 1 is 1.15 bits per heavy atom. The normalized spacial score (nSPS) is 21.2. The van der Waals surface area contributed by atoms with Crippen molar-refractivity contribution in [3.63, 3.8) is 0 Å². The first-order valence-corrected chi connectivity index (χ1v) is 7.63. The van der Waals surface area contributed by atoms with Crippen molar-refractivity contribution >= 4 is 15.9 Å². The van der Waals surface area contributed by atoms with Crippen LogP contribution in [-0.4, -0.2) is 0 Å². The third-order valence-corrected chi connectivity index (χ3v) is 4.47. The Kier molecular flexibility index (Phi) is 3.57. The van der Waals surface area contributed by atoms with E-state index in [0.717, 1.165) is 22.2 Å². The summed E-state index contributed by atoms with van der Waals surface area (Å²) in [7, 11) is 0. The molecule has 2 N–H and O–H groups in total. The van der Waals surface area contributed by atoms with E-state index in [1.165, 1.54) is 16.7 Å². The van der Waals surface area contributed by atoms with Crippen molar-refractivity contribution in [1.82, 2.24) is 0 Å². The summed E-state index contributed by atoms with van der Waals surface area (Å²) in [6.45, 7) is 4.27. The van der Waals surface area contributed by atoms with E-state index in [4.69, 9.17) is 10.5 Å². The highest BCUT2D eigenvalue weighted by Crippen LogP contribution is 2.42. The third kappa shape index (κ3) is 2.36. The predicted molar refractivity (Wildman–Crippen MR) is 85.0 cm³/mol. The molecule has 2 atom stereocenters. The van der Waals surface area contributed by atoms with E-state index in [9.17, 15) is 0 Å². The lowest BCUT2D eigenvalue weighted by molar-refractivity contribution is 0.160. The van der Waals surface area contributed by atoms with Gasteiger partial charge in [-0.2, -0.15) is 0 Å². The number of fused-ring (bicyclic) bond motifs is 1. The Morgan fingerprint density at radius 3 is 2.55 bits per heavy atom. The van der Waals surface area contributed by atoms with Gasteiger partial charge >= 0.3 is 0 Å². The minimum Gasteiger partial charge on any atom is -0.485 e. The molecule has 0 aliphatic carbocycles. The number of halogens is 1. The molecular weight excluding hydrogens is 314 g/mol. The number of hydrogen-bond acceptors (Lipinski definition) is 2. The molecule has 1 aliphatic rings. The number of nitrogens with two attached hydrogens (primary N) is 1. The Bertz CT molecular complexity index is 633. The molecular formula is C17H18BrNO. The monoisotopic (exact) mass is 331 g/mol. The highest BCUT2D eigenvalue weighted by Gasteiger charge is 2.28. The van der Waals surface area contributed by atoms with E-state index in [0.29, 0.717) is 0 Å². The van der Waals surface area contributed by atoms with Crippen LogP contribution in [0.15, 0.2) is 40.9 Å². The Labute approximate surface area is 128 Å². The smallest absolute Gasteiger partial charge is 0.126 e. The Balaban J connectivity index is 2.01. The van der Waals surface area contributed by atoms with Crippen LogP contribution in [0.1, 0.15) is 40.8 Å². The molecule has 2 aromatic rings. The molecule has 0 aromatic heterocycles. The summed E-state index contributed by atoms with van der Waals surface area (Å²) in [5.41, 5.74) is 11.2. The molecule has 0 saturated heterocycles. The fourth-order valence-corrected chi connectivity index (χ4v) is 3.37. The van der Waals surface area contributed by atoms with Gasteiger partial charge in [0.2, 0.25) is 0 Å². The number of benzene rings is 2. The summed E-state index contributed by atoms with van der Waals surface area (Å²) in [5.74, 6) is 0.902. The molecule has 0 spiro atoms. The highest BCUT2D eigenvalue weighted by atomic mass is 79.9. The van der Waals surface area contributed by atoms with Crippen molar-refractivity contribution in [3.8, 4) is 5.75 Å². The van der Waals surface area contributed by atoms with E-state index >= 15 is 0 Å². The summed E-state index contributed by atoms with van der Waals surface area (Å²) in [4.78, 5) is 0. The molecule has 104 valence electrons. The largest absolute Gasteiger partial charge is 0.485 e. The zero-order valence-corrected chi connectivity index (χ0v) is 13.3. The second-order valence-corrected chi connectivity index (χ2v) is 6.35. The van der Waals surface area contributed by atoms with Crippen molar-refractivity contribution in [2.45, 2.75) is 32.4 Å². The van der Waals surface area contributed by atoms with E-state index < -0.39 is 0 Å². The molecule has 1 aliphatic heterocycles. The number of ether oxygens (including phenoxy) is 1. The topological polar surface area (TPSA) is 35.2 Å². The molecule has 20 heavy (non-hydrogen) atoms. The van der Waals surface area contributed by atoms with E-state index in [1.807, 2.05) is 12.1 Å². The van der Waals surface area contributed by atoms with Crippen LogP contribution in [0, 0.1) is 13.8 Å². The van der Waals surface area contributed by atoms with Crippen LogP contribution in [-0.2, 0) is 0 Å². The van der Waals surface area contributed by atoms with Gasteiger partial charge in [-0.1, -0.05) is 34.1 Å². The predicted octanol–water partition coefficient (Wildman–Crippen LogP) is 4.59. The maximum absolute atomic E-state index is 6.34. The van der Waals surface area contributed by atoms with Crippen molar-refractivity contribution in [2.24, 2.45) is 5.73 Å². The quantitative estimate of drug-likeness (QED) is 0.829. The van der Waals surface area contributed by atoms with E-state index in [1.54, 1.807) is 0 Å². The molecule has 0 saturated carbocycles. The van der Waals surface area contributed by atoms with Crippen LogP contribution in [0.3, 0.4) is 0 Å². The van der Waals surface area contributed by atoms with Crippen LogP contribution >= 0.6 is 15.9 Å². The van der Waals surface area contributed by atoms with Gasteiger partial charge < -0.3 is 10.5 Å². The zero-order valence-electron chi connectivity index (χ0n) is 11.7. The van der Waals surface area contributed by atoms with Gasteiger partial charge in [-0.25, -0.2) is 0 Å². The molecule has 0 bridgehead atoms. The average molecular weight is 332 g/mol. The van der Waals surface area contributed by atoms with Gasteiger partial charge in [0, 0.05) is 22.5 Å². The van der Waals surface area contributed by atoms with Gasteiger partial charge in [0.25, 0.3) is 0 Å². The van der Waals surface area contributed by atoms with E-state index in [2.05, 4.69) is 54.0 Å². The maximum atomic E-state index is 6.34. The first-order chi connectivity index (χ1) is 9.56. The van der Waals surface area contributed by atoms with Crippen LogP contribution < -0.4 is 10.5 Å². The molecule has 3 heteroatoms. The van der Waals surface area contributed by atoms with Crippen LogP contribution in [0.5, 0.6) is 5.75 Å². The van der Waals surface area contributed by atoms with E-state index in [-0.39, 0.29) is 12.1 Å². The lowest BCUT2D eigenvalue weighted by atomic mass is 9.89. The minimum absolute atomic E-state index is 0.0141. The minimum atomic E-state index is 0.0141. The zero-order chi connectivity index (χ0) is 14.3. The molecule has 2 aromatic carbocycles. The number of aryl methyl sites for hydroxylation is 2. The van der Waals surface area contributed by atoms with Gasteiger partial charge in [-0.05, 0) is 48.7 Å². The van der Waals surface area contributed by atoms with Crippen LogP contribution in [0.25, 0.3) is 0 Å². The highest BCUT2D eigenvalue weighted by molar-refractivity contribution is 9.10. The second kappa shape index (κ2) is 5.23. The van der Waals surface area contributed by atoms with Gasteiger partial charge in [-0.3, -0.25) is 0 Å². The second-order valence-electron chi connectivity index (χ2n) is 5.44. The third-order valence-electron chi connectivity index (χ3n) is 3.97. The van der Waals surface area contributed by atoms with Crippen LogP contribution in [0.4, 0.5) is 0 Å². The van der Waals surface area contributed by atoms with Gasteiger partial charge in [0.05, 0.1) is 0 Å². The van der Waals surface area contributed by atoms with Gasteiger partial charge in [0.15, 0.2) is 0 Å². The SMILES string of the molecule is Cc1cccc(C)c1C1CC(N)c2cc(Br)ccc2O1. The summed E-state index contributed by atoms with van der Waals surface area (Å²) in [6, 6.07) is 12.4. The summed E-state index contributed by atoms with van der Waals surface area (Å²) in [6.07, 6.45) is 0.856. The molecule has 0 amide bonds. The Hall–Kier alpha value is -1.32. The molecule has 0 radical (unpaired) electrons. The van der Waals surface area contributed by atoms with Crippen molar-refractivity contribution in [3.05, 3.63) is 63.1 Å². The molecule has 0 fully saturated rings. The first kappa shape index (κ1) is 13.7. The lowest BCUT2D eigenvalue weighted by Gasteiger charge is -2.32. The standard InChI is InChI=1S/C17H18BrNO/c1-10-4-3-5-11(2)17(10)16-9-14(19)13-8-12(18)6-7-15(13)20-16/h3-8,14,16H,9,19H2,1-2H3. The fourth-order valence-electron chi connectivity index (χ4n) is 2.99. The number of hydrogen-bond donors (Lipinski definition) is 1.